The van der Waals surface area contributed by atoms with Crippen LogP contribution in [0.5, 0.6) is 11.5 Å². The number of unbranched alkanes of at least 4 members (excludes halogenated alkanes) is 1. The molecule has 1 aromatic heterocycles. The molecule has 0 bridgehead atoms. The zero-order valence-electron chi connectivity index (χ0n) is 12.3. The summed E-state index contributed by atoms with van der Waals surface area (Å²) in [5.41, 5.74) is 0. The van der Waals surface area contributed by atoms with E-state index in [9.17, 15) is 8.42 Å². The zero-order valence-corrected chi connectivity index (χ0v) is 16.0. The maximum absolute atomic E-state index is 10.5. The van der Waals surface area contributed by atoms with Crippen LogP contribution in [0.25, 0.3) is 0 Å². The molecule has 0 aromatic carbocycles. The van der Waals surface area contributed by atoms with E-state index in [1.165, 1.54) is 11.3 Å². The summed E-state index contributed by atoms with van der Waals surface area (Å²) in [6, 6.07) is 0. The van der Waals surface area contributed by atoms with Gasteiger partial charge >= 0.3 is 51.4 Å². The second-order valence-corrected chi connectivity index (χ2v) is 6.53. The maximum atomic E-state index is 10.5. The largest absolute Gasteiger partial charge is 1.00 e. The van der Waals surface area contributed by atoms with E-state index in [-0.39, 0.29) is 64.7 Å². The third kappa shape index (κ3) is 6.71. The molecule has 0 saturated heterocycles. The molecule has 1 unspecified atom stereocenters. The van der Waals surface area contributed by atoms with Gasteiger partial charge in [-0.05, 0) is 12.8 Å². The Balaban J connectivity index is 0.00000200. The SMILES string of the molecule is O=S(=O)(O)CCCCOCC1COc2cscc2O1.[H-].[K+]. The second-order valence-electron chi connectivity index (χ2n) is 4.22. The summed E-state index contributed by atoms with van der Waals surface area (Å²) < 4.78 is 46.1. The normalized spacial score (nSPS) is 17.6. The summed E-state index contributed by atoms with van der Waals surface area (Å²) in [4.78, 5) is 0. The molecule has 20 heavy (non-hydrogen) atoms. The van der Waals surface area contributed by atoms with Crippen molar-refractivity contribution in [3.05, 3.63) is 10.8 Å². The van der Waals surface area contributed by atoms with Crippen LogP contribution in [-0.2, 0) is 14.9 Å². The Morgan fingerprint density at radius 1 is 1.40 bits per heavy atom. The Hall–Kier alpha value is 0.806. The Kier molecular flexibility index (Phi) is 8.54. The average Bonchev–Trinajstić information content (AvgIpc) is 2.79. The van der Waals surface area contributed by atoms with Crippen molar-refractivity contribution >= 4 is 21.5 Å². The smallest absolute Gasteiger partial charge is 1.00 e. The van der Waals surface area contributed by atoms with Crippen molar-refractivity contribution in [2.24, 2.45) is 0 Å². The quantitative estimate of drug-likeness (QED) is 0.374. The molecule has 1 aliphatic rings. The van der Waals surface area contributed by atoms with Crippen LogP contribution in [0, 0.1) is 0 Å². The van der Waals surface area contributed by atoms with E-state index in [0.29, 0.717) is 32.7 Å². The summed E-state index contributed by atoms with van der Waals surface area (Å²) in [5.74, 6) is 1.29. The van der Waals surface area contributed by atoms with Gasteiger partial charge in [-0.2, -0.15) is 8.42 Å². The van der Waals surface area contributed by atoms with Crippen LogP contribution in [-0.4, -0.2) is 44.6 Å². The Labute approximate surface area is 166 Å². The molecular formula is C11H17KO6S2. The van der Waals surface area contributed by atoms with Gasteiger partial charge in [0, 0.05) is 17.4 Å². The minimum Gasteiger partial charge on any atom is -1.00 e. The van der Waals surface area contributed by atoms with E-state index in [1.54, 1.807) is 0 Å². The first-order valence-electron chi connectivity index (χ1n) is 5.93. The molecule has 2 heterocycles. The van der Waals surface area contributed by atoms with Gasteiger partial charge in [0.2, 0.25) is 0 Å². The third-order valence-corrected chi connectivity index (χ3v) is 4.06. The molecule has 0 amide bonds. The number of ether oxygens (including phenoxy) is 3. The van der Waals surface area contributed by atoms with Gasteiger partial charge in [-0.25, -0.2) is 0 Å². The molecule has 9 heteroatoms. The molecular weight excluding hydrogens is 331 g/mol. The summed E-state index contributed by atoms with van der Waals surface area (Å²) >= 11 is 1.52. The monoisotopic (exact) mass is 348 g/mol. The summed E-state index contributed by atoms with van der Waals surface area (Å²) in [6.07, 6.45) is 0.829. The van der Waals surface area contributed by atoms with Crippen LogP contribution in [0.2, 0.25) is 0 Å². The summed E-state index contributed by atoms with van der Waals surface area (Å²) in [5, 5.41) is 3.77. The van der Waals surface area contributed by atoms with Gasteiger partial charge in [-0.1, -0.05) is 0 Å². The molecule has 0 radical (unpaired) electrons. The average molecular weight is 348 g/mol. The molecule has 110 valence electrons. The predicted octanol–water partition coefficient (Wildman–Crippen LogP) is -1.31. The van der Waals surface area contributed by atoms with Gasteiger partial charge in [0.15, 0.2) is 17.6 Å². The first-order valence-corrected chi connectivity index (χ1v) is 8.48. The molecule has 0 spiro atoms. The fourth-order valence-electron chi connectivity index (χ4n) is 1.65. The minimum absolute atomic E-state index is 0. The van der Waals surface area contributed by atoms with Gasteiger partial charge in [0.25, 0.3) is 10.1 Å². The molecule has 0 saturated carbocycles. The second kappa shape index (κ2) is 9.06. The number of rotatable bonds is 7. The van der Waals surface area contributed by atoms with Crippen LogP contribution in [0.15, 0.2) is 10.8 Å². The van der Waals surface area contributed by atoms with E-state index in [4.69, 9.17) is 18.8 Å². The molecule has 1 aromatic rings. The standard InChI is InChI=1S/C11H16O6S2.K.H/c12-19(13,14)4-2-1-3-15-5-9-6-16-10-7-18-8-11(10)17-9;;/h7-9H,1-6H2,(H,12,13,14);;/q;+1;-1. The van der Waals surface area contributed by atoms with Gasteiger partial charge < -0.3 is 15.6 Å². The predicted molar refractivity (Wildman–Crippen MR) is 71.8 cm³/mol. The van der Waals surface area contributed by atoms with Gasteiger partial charge in [0.1, 0.15) is 6.61 Å². The Morgan fingerprint density at radius 3 is 2.90 bits per heavy atom. The van der Waals surface area contributed by atoms with E-state index in [2.05, 4.69) is 0 Å². The number of hydrogen-bond acceptors (Lipinski definition) is 6. The fourth-order valence-corrected chi connectivity index (χ4v) is 2.89. The van der Waals surface area contributed by atoms with Crippen molar-refractivity contribution < 1.29 is 80.0 Å². The van der Waals surface area contributed by atoms with Gasteiger partial charge in [-0.3, -0.25) is 4.55 Å². The number of thiophene rings is 1. The fraction of sp³-hybridized carbons (Fsp3) is 0.636. The first kappa shape index (κ1) is 18.9. The van der Waals surface area contributed by atoms with Crippen molar-refractivity contribution in [3.8, 4) is 11.5 Å². The number of fused-ring (bicyclic) bond motifs is 1. The van der Waals surface area contributed by atoms with Crippen LogP contribution in [0.1, 0.15) is 14.3 Å². The topological polar surface area (TPSA) is 82.1 Å². The zero-order chi connectivity index (χ0) is 13.7. The molecule has 6 nitrogen and oxygen atoms in total. The van der Waals surface area contributed by atoms with Gasteiger partial charge in [0.05, 0.1) is 12.4 Å². The molecule has 0 fully saturated rings. The Bertz CT molecular complexity index is 507. The van der Waals surface area contributed by atoms with Crippen LogP contribution >= 0.6 is 11.3 Å². The Morgan fingerprint density at radius 2 is 2.15 bits per heavy atom. The number of hydrogen-bond donors (Lipinski definition) is 1. The molecule has 0 aliphatic carbocycles. The molecule has 2 rings (SSSR count). The molecule has 1 N–H and O–H groups in total. The molecule has 1 aliphatic heterocycles. The van der Waals surface area contributed by atoms with Crippen molar-refractivity contribution in [1.82, 2.24) is 0 Å². The van der Waals surface area contributed by atoms with E-state index in [1.807, 2.05) is 10.8 Å². The molecule has 1 atom stereocenters. The van der Waals surface area contributed by atoms with Crippen molar-refractivity contribution in [2.45, 2.75) is 18.9 Å². The van der Waals surface area contributed by atoms with Crippen LogP contribution in [0.3, 0.4) is 0 Å². The summed E-state index contributed by atoms with van der Waals surface area (Å²) in [7, 11) is -3.86. The van der Waals surface area contributed by atoms with Crippen molar-refractivity contribution in [1.29, 1.82) is 0 Å². The van der Waals surface area contributed by atoms with Crippen molar-refractivity contribution in [3.63, 3.8) is 0 Å². The van der Waals surface area contributed by atoms with Crippen LogP contribution in [0.4, 0.5) is 0 Å². The first-order chi connectivity index (χ1) is 9.04. The van der Waals surface area contributed by atoms with E-state index in [0.717, 1.165) is 11.5 Å². The van der Waals surface area contributed by atoms with Gasteiger partial charge in [-0.15, -0.1) is 11.3 Å². The van der Waals surface area contributed by atoms with Crippen LogP contribution < -0.4 is 60.9 Å². The maximum Gasteiger partial charge on any atom is 1.00 e. The van der Waals surface area contributed by atoms with E-state index < -0.39 is 10.1 Å². The van der Waals surface area contributed by atoms with Crippen molar-refractivity contribution in [2.75, 3.05) is 25.6 Å². The summed E-state index contributed by atoms with van der Waals surface area (Å²) in [6.45, 7) is 1.29. The minimum atomic E-state index is -3.86. The third-order valence-electron chi connectivity index (χ3n) is 2.56. The van der Waals surface area contributed by atoms with E-state index >= 15 is 0 Å².